The molecule has 0 aromatic heterocycles. The molecule has 8 heteroatoms. The van der Waals surface area contributed by atoms with Crippen LogP contribution in [0.3, 0.4) is 0 Å². The molecule has 1 aromatic rings. The maximum Gasteiger partial charge on any atom is 0.333 e. The van der Waals surface area contributed by atoms with Gasteiger partial charge in [-0.1, -0.05) is 24.8 Å². The molecule has 0 amide bonds. The minimum absolute atomic E-state index is 0.204. The molecule has 0 atom stereocenters. The summed E-state index contributed by atoms with van der Waals surface area (Å²) < 4.78 is 27.6. The Hall–Kier alpha value is -2.68. The lowest BCUT2D eigenvalue weighted by molar-refractivity contribution is -0.140. The van der Waals surface area contributed by atoms with Gasteiger partial charge >= 0.3 is 11.9 Å². The molecule has 2 rings (SSSR count). The molecule has 1 N–H and O–H groups in total. The van der Waals surface area contributed by atoms with E-state index in [0.717, 1.165) is 31.4 Å². The van der Waals surface area contributed by atoms with Crippen molar-refractivity contribution in [2.24, 2.45) is 0 Å². The molecule has 1 aliphatic carbocycles. The molecule has 1 fully saturated rings. The van der Waals surface area contributed by atoms with Crippen LogP contribution in [-0.4, -0.2) is 69.4 Å². The summed E-state index contributed by atoms with van der Waals surface area (Å²) in [7, 11) is 0. The Labute approximate surface area is 214 Å². The fourth-order valence-electron chi connectivity index (χ4n) is 3.86. The standard InChI is InChI=1S/C28H40O8/c1-21(2)28(31)36-20-17-33-16-19-35-26-12-8-24(9-13-26)23-6-10-25(11-7-23)34-18-15-32-14-4-5-22(3)27(29)30/h5,8-9,12-13,23,25H,1,4,6-7,10-11,14-20H2,2-3H3,(H,29,30). The summed E-state index contributed by atoms with van der Waals surface area (Å²) in [6.07, 6.45) is 6.78. The maximum atomic E-state index is 11.3. The molecule has 0 aliphatic heterocycles. The van der Waals surface area contributed by atoms with Crippen LogP contribution in [0.15, 0.2) is 48.1 Å². The van der Waals surface area contributed by atoms with Gasteiger partial charge < -0.3 is 28.8 Å². The minimum atomic E-state index is -0.891. The monoisotopic (exact) mass is 504 g/mol. The Morgan fingerprint density at radius 1 is 0.917 bits per heavy atom. The predicted octanol–water partition coefficient (Wildman–Crippen LogP) is 4.68. The van der Waals surface area contributed by atoms with Crippen molar-refractivity contribution in [3.63, 3.8) is 0 Å². The van der Waals surface area contributed by atoms with Gasteiger partial charge in [-0.2, -0.15) is 0 Å². The van der Waals surface area contributed by atoms with E-state index in [2.05, 4.69) is 18.7 Å². The highest BCUT2D eigenvalue weighted by molar-refractivity contribution is 5.87. The molecule has 0 heterocycles. The first-order chi connectivity index (χ1) is 17.4. The topological polar surface area (TPSA) is 101 Å². The Balaban J connectivity index is 1.52. The van der Waals surface area contributed by atoms with Crippen molar-refractivity contribution < 1.29 is 38.4 Å². The van der Waals surface area contributed by atoms with Gasteiger partial charge in [0.1, 0.15) is 19.0 Å². The van der Waals surface area contributed by atoms with E-state index in [1.807, 2.05) is 12.1 Å². The summed E-state index contributed by atoms with van der Waals surface area (Å²) in [6.45, 7) is 9.68. The number of hydrogen-bond donors (Lipinski definition) is 1. The molecule has 0 bridgehead atoms. The number of hydrogen-bond acceptors (Lipinski definition) is 7. The van der Waals surface area contributed by atoms with E-state index in [0.29, 0.717) is 63.1 Å². The minimum Gasteiger partial charge on any atom is -0.491 e. The first kappa shape index (κ1) is 29.5. The predicted molar refractivity (Wildman–Crippen MR) is 136 cm³/mol. The van der Waals surface area contributed by atoms with E-state index < -0.39 is 11.9 Å². The van der Waals surface area contributed by atoms with E-state index in [4.69, 9.17) is 28.8 Å². The lowest BCUT2D eigenvalue weighted by atomic mass is 9.83. The average Bonchev–Trinajstić information content (AvgIpc) is 2.88. The van der Waals surface area contributed by atoms with Gasteiger partial charge in [0.05, 0.1) is 39.1 Å². The highest BCUT2D eigenvalue weighted by Gasteiger charge is 2.22. The van der Waals surface area contributed by atoms with Crippen molar-refractivity contribution >= 4 is 11.9 Å². The van der Waals surface area contributed by atoms with Crippen LogP contribution >= 0.6 is 0 Å². The van der Waals surface area contributed by atoms with E-state index in [1.54, 1.807) is 19.9 Å². The van der Waals surface area contributed by atoms with E-state index in [9.17, 15) is 9.59 Å². The number of aliphatic carboxylic acids is 1. The molecule has 36 heavy (non-hydrogen) atoms. The van der Waals surface area contributed by atoms with Crippen LogP contribution < -0.4 is 4.74 Å². The van der Waals surface area contributed by atoms with Crippen LogP contribution in [0.25, 0.3) is 0 Å². The number of carbonyl (C=O) groups excluding carboxylic acids is 1. The van der Waals surface area contributed by atoms with Gasteiger partial charge in [0.25, 0.3) is 0 Å². The molecule has 1 aromatic carbocycles. The van der Waals surface area contributed by atoms with Crippen LogP contribution in [0.2, 0.25) is 0 Å². The van der Waals surface area contributed by atoms with Crippen LogP contribution in [0, 0.1) is 0 Å². The fourth-order valence-corrected chi connectivity index (χ4v) is 3.86. The molecule has 0 radical (unpaired) electrons. The number of rotatable bonds is 17. The molecule has 8 nitrogen and oxygen atoms in total. The number of benzene rings is 1. The first-order valence-electron chi connectivity index (χ1n) is 12.6. The number of ether oxygens (including phenoxy) is 5. The zero-order valence-electron chi connectivity index (χ0n) is 21.5. The summed E-state index contributed by atoms with van der Waals surface area (Å²) in [5.41, 5.74) is 2.04. The number of carbonyl (C=O) groups is 2. The van der Waals surface area contributed by atoms with Gasteiger partial charge in [-0.15, -0.1) is 0 Å². The highest BCUT2D eigenvalue weighted by Crippen LogP contribution is 2.34. The zero-order chi connectivity index (χ0) is 26.2. The van der Waals surface area contributed by atoms with Crippen molar-refractivity contribution in [2.45, 2.75) is 58.0 Å². The molecule has 0 spiro atoms. The van der Waals surface area contributed by atoms with Crippen LogP contribution in [0.4, 0.5) is 0 Å². The number of carboxylic acids is 1. The normalized spacial score (nSPS) is 18.0. The van der Waals surface area contributed by atoms with Gasteiger partial charge in [0.2, 0.25) is 0 Å². The van der Waals surface area contributed by atoms with Crippen LogP contribution in [0.5, 0.6) is 5.75 Å². The lowest BCUT2D eigenvalue weighted by Gasteiger charge is -2.29. The third kappa shape index (κ3) is 11.8. The molecule has 0 unspecified atom stereocenters. The van der Waals surface area contributed by atoms with Crippen LogP contribution in [-0.2, 0) is 28.5 Å². The highest BCUT2D eigenvalue weighted by atomic mass is 16.6. The van der Waals surface area contributed by atoms with E-state index in [1.165, 1.54) is 5.56 Å². The lowest BCUT2D eigenvalue weighted by Crippen LogP contribution is -2.22. The molecular weight excluding hydrogens is 464 g/mol. The molecule has 1 aliphatic rings. The molecule has 1 saturated carbocycles. The Bertz CT molecular complexity index is 838. The Morgan fingerprint density at radius 2 is 1.56 bits per heavy atom. The summed E-state index contributed by atoms with van der Waals surface area (Å²) in [6, 6.07) is 8.26. The van der Waals surface area contributed by atoms with E-state index >= 15 is 0 Å². The average molecular weight is 505 g/mol. The smallest absolute Gasteiger partial charge is 0.333 e. The van der Waals surface area contributed by atoms with Crippen LogP contribution in [0.1, 0.15) is 57.4 Å². The van der Waals surface area contributed by atoms with Crippen molar-refractivity contribution in [3.8, 4) is 5.75 Å². The third-order valence-electron chi connectivity index (χ3n) is 5.96. The van der Waals surface area contributed by atoms with E-state index in [-0.39, 0.29) is 12.7 Å². The second-order valence-electron chi connectivity index (χ2n) is 8.88. The Morgan fingerprint density at radius 3 is 2.22 bits per heavy atom. The number of carboxylic acid groups (broad SMARTS) is 1. The zero-order valence-corrected chi connectivity index (χ0v) is 21.5. The molecule has 0 saturated heterocycles. The van der Waals surface area contributed by atoms with Gasteiger partial charge in [-0.25, -0.2) is 9.59 Å². The van der Waals surface area contributed by atoms with Crippen molar-refractivity contribution in [2.75, 3.05) is 46.2 Å². The number of esters is 1. The van der Waals surface area contributed by atoms with Crippen molar-refractivity contribution in [1.29, 1.82) is 0 Å². The maximum absolute atomic E-state index is 11.3. The quantitative estimate of drug-likeness (QED) is 0.185. The van der Waals surface area contributed by atoms with Gasteiger partial charge in [-0.3, -0.25) is 0 Å². The second kappa shape index (κ2) is 16.9. The van der Waals surface area contributed by atoms with Gasteiger partial charge in [-0.05, 0) is 69.6 Å². The second-order valence-corrected chi connectivity index (χ2v) is 8.88. The SMILES string of the molecule is C=C(C)C(=O)OCCOCCOc1ccc(C2CCC(OCCOCCC=C(C)C(=O)O)CC2)cc1. The molecule has 200 valence electrons. The summed E-state index contributed by atoms with van der Waals surface area (Å²) in [5, 5.41) is 8.80. The van der Waals surface area contributed by atoms with Crippen molar-refractivity contribution in [1.82, 2.24) is 0 Å². The fraction of sp³-hybridized carbons (Fsp3) is 0.571. The Kier molecular flexibility index (Phi) is 13.9. The summed E-state index contributed by atoms with van der Waals surface area (Å²) in [4.78, 5) is 22.0. The summed E-state index contributed by atoms with van der Waals surface area (Å²) >= 11 is 0. The largest absolute Gasteiger partial charge is 0.491 e. The first-order valence-corrected chi connectivity index (χ1v) is 12.6. The van der Waals surface area contributed by atoms with Crippen molar-refractivity contribution in [3.05, 3.63) is 53.6 Å². The molecular formula is C28H40O8. The summed E-state index contributed by atoms with van der Waals surface area (Å²) in [5.74, 6) is 0.0422. The van der Waals surface area contributed by atoms with Gasteiger partial charge in [0.15, 0.2) is 0 Å². The third-order valence-corrected chi connectivity index (χ3v) is 5.96. The van der Waals surface area contributed by atoms with Gasteiger partial charge in [0, 0.05) is 11.1 Å².